The van der Waals surface area contributed by atoms with Crippen LogP contribution in [0, 0.1) is 12.3 Å². The summed E-state index contributed by atoms with van der Waals surface area (Å²) in [5, 5.41) is 8.78. The van der Waals surface area contributed by atoms with Gasteiger partial charge in [-0.3, -0.25) is 9.69 Å². The lowest BCUT2D eigenvalue weighted by Crippen LogP contribution is -2.48. The Labute approximate surface area is 90.9 Å². The molecule has 1 aliphatic heterocycles. The third kappa shape index (κ3) is 3.90. The standard InChI is InChI=1S/C11H18N2O2/c1-3-6-13(9-11(14)15)10-5-4-7-12(2)8-10/h1,10H,4-9H2,2H3,(H,14,15). The molecule has 0 saturated carbocycles. The Morgan fingerprint density at radius 1 is 1.73 bits per heavy atom. The van der Waals surface area contributed by atoms with Crippen molar-refractivity contribution >= 4 is 5.97 Å². The molecule has 84 valence electrons. The molecule has 0 aliphatic carbocycles. The fraction of sp³-hybridized carbons (Fsp3) is 0.727. The molecule has 1 N–H and O–H groups in total. The fourth-order valence-corrected chi connectivity index (χ4v) is 2.04. The average molecular weight is 210 g/mol. The quantitative estimate of drug-likeness (QED) is 0.668. The van der Waals surface area contributed by atoms with Crippen LogP contribution in [-0.2, 0) is 4.79 Å². The van der Waals surface area contributed by atoms with E-state index in [2.05, 4.69) is 17.9 Å². The molecule has 4 heteroatoms. The Morgan fingerprint density at radius 2 is 2.47 bits per heavy atom. The van der Waals surface area contributed by atoms with Gasteiger partial charge in [0.25, 0.3) is 0 Å². The van der Waals surface area contributed by atoms with Gasteiger partial charge in [-0.1, -0.05) is 5.92 Å². The summed E-state index contributed by atoms with van der Waals surface area (Å²) in [5.74, 6) is 1.72. The summed E-state index contributed by atoms with van der Waals surface area (Å²) in [6, 6.07) is 0.288. The second-order valence-electron chi connectivity index (χ2n) is 4.06. The van der Waals surface area contributed by atoms with Crippen molar-refractivity contribution in [1.29, 1.82) is 0 Å². The highest BCUT2D eigenvalue weighted by atomic mass is 16.4. The maximum Gasteiger partial charge on any atom is 0.317 e. The van der Waals surface area contributed by atoms with Crippen LogP contribution in [0.2, 0.25) is 0 Å². The average Bonchev–Trinajstić information content (AvgIpc) is 2.16. The molecule has 0 aromatic heterocycles. The van der Waals surface area contributed by atoms with Gasteiger partial charge in [0.05, 0.1) is 13.1 Å². The lowest BCUT2D eigenvalue weighted by Gasteiger charge is -2.36. The summed E-state index contributed by atoms with van der Waals surface area (Å²) in [5.41, 5.74) is 0. The van der Waals surface area contributed by atoms with Crippen LogP contribution < -0.4 is 0 Å². The highest BCUT2D eigenvalue weighted by Crippen LogP contribution is 2.14. The number of aliphatic carboxylic acids is 1. The SMILES string of the molecule is C#CCN(CC(=O)O)C1CCCN(C)C1. The van der Waals surface area contributed by atoms with Crippen LogP contribution >= 0.6 is 0 Å². The Bertz CT molecular complexity index is 260. The number of hydrogen-bond acceptors (Lipinski definition) is 3. The highest BCUT2D eigenvalue weighted by Gasteiger charge is 2.24. The molecule has 0 spiro atoms. The summed E-state index contributed by atoms with van der Waals surface area (Å²) >= 11 is 0. The molecular weight excluding hydrogens is 192 g/mol. The first-order valence-electron chi connectivity index (χ1n) is 5.21. The smallest absolute Gasteiger partial charge is 0.317 e. The van der Waals surface area contributed by atoms with Crippen LogP contribution in [0.15, 0.2) is 0 Å². The number of likely N-dealkylation sites (N-methyl/N-ethyl adjacent to an activating group) is 1. The number of carbonyl (C=O) groups is 1. The van der Waals surface area contributed by atoms with Crippen LogP contribution in [0.4, 0.5) is 0 Å². The van der Waals surface area contributed by atoms with Gasteiger partial charge < -0.3 is 10.0 Å². The first-order valence-corrected chi connectivity index (χ1v) is 5.21. The van der Waals surface area contributed by atoms with Crippen LogP contribution in [-0.4, -0.2) is 60.1 Å². The topological polar surface area (TPSA) is 43.8 Å². The number of carboxylic acids is 1. The number of carboxylic acid groups (broad SMARTS) is 1. The molecule has 1 heterocycles. The summed E-state index contributed by atoms with van der Waals surface area (Å²) in [4.78, 5) is 14.8. The van der Waals surface area contributed by atoms with Gasteiger partial charge in [0.15, 0.2) is 0 Å². The van der Waals surface area contributed by atoms with Crippen molar-refractivity contribution in [2.45, 2.75) is 18.9 Å². The lowest BCUT2D eigenvalue weighted by atomic mass is 10.0. The lowest BCUT2D eigenvalue weighted by molar-refractivity contribution is -0.139. The molecular formula is C11H18N2O2. The van der Waals surface area contributed by atoms with Crippen LogP contribution in [0.1, 0.15) is 12.8 Å². The van der Waals surface area contributed by atoms with Crippen molar-refractivity contribution in [3.63, 3.8) is 0 Å². The molecule has 1 aliphatic rings. The van der Waals surface area contributed by atoms with Gasteiger partial charge in [-0.25, -0.2) is 0 Å². The van der Waals surface area contributed by atoms with E-state index in [1.54, 1.807) is 0 Å². The van der Waals surface area contributed by atoms with Crippen molar-refractivity contribution in [2.24, 2.45) is 0 Å². The van der Waals surface area contributed by atoms with Gasteiger partial charge in [0, 0.05) is 12.6 Å². The van der Waals surface area contributed by atoms with Crippen molar-refractivity contribution in [3.8, 4) is 12.3 Å². The molecule has 1 rings (SSSR count). The minimum Gasteiger partial charge on any atom is -0.480 e. The third-order valence-electron chi connectivity index (χ3n) is 2.75. The molecule has 1 unspecified atom stereocenters. The van der Waals surface area contributed by atoms with Crippen LogP contribution in [0.25, 0.3) is 0 Å². The van der Waals surface area contributed by atoms with Gasteiger partial charge in [0.2, 0.25) is 0 Å². The predicted octanol–water partition coefficient (Wildman–Crippen LogP) is 0.100. The third-order valence-corrected chi connectivity index (χ3v) is 2.75. The molecule has 0 aromatic carbocycles. The molecule has 1 atom stereocenters. The largest absolute Gasteiger partial charge is 0.480 e. The number of rotatable bonds is 4. The van der Waals surface area contributed by atoms with Crippen molar-refractivity contribution in [3.05, 3.63) is 0 Å². The molecule has 0 radical (unpaired) electrons. The van der Waals surface area contributed by atoms with Crippen molar-refractivity contribution in [2.75, 3.05) is 33.2 Å². The summed E-state index contributed by atoms with van der Waals surface area (Å²) in [6.45, 7) is 2.47. The van der Waals surface area contributed by atoms with Crippen LogP contribution in [0.3, 0.4) is 0 Å². The monoisotopic (exact) mass is 210 g/mol. The normalized spacial score (nSPS) is 22.6. The molecule has 0 amide bonds. The van der Waals surface area contributed by atoms with Gasteiger partial charge in [-0.05, 0) is 26.4 Å². The number of terminal acetylenes is 1. The van der Waals surface area contributed by atoms with Crippen molar-refractivity contribution in [1.82, 2.24) is 9.80 Å². The van der Waals surface area contributed by atoms with E-state index in [1.807, 2.05) is 4.90 Å². The molecule has 15 heavy (non-hydrogen) atoms. The molecule has 4 nitrogen and oxygen atoms in total. The van der Waals surface area contributed by atoms with E-state index in [0.29, 0.717) is 6.54 Å². The number of piperidine rings is 1. The van der Waals surface area contributed by atoms with E-state index in [1.165, 1.54) is 0 Å². The zero-order chi connectivity index (χ0) is 11.3. The van der Waals surface area contributed by atoms with Gasteiger partial charge in [-0.2, -0.15) is 0 Å². The second kappa shape index (κ2) is 5.74. The predicted molar refractivity (Wildman–Crippen MR) is 58.6 cm³/mol. The molecule has 0 aromatic rings. The molecule has 1 fully saturated rings. The summed E-state index contributed by atoms with van der Waals surface area (Å²) in [6.07, 6.45) is 7.40. The van der Waals surface area contributed by atoms with Gasteiger partial charge >= 0.3 is 5.97 Å². The van der Waals surface area contributed by atoms with Gasteiger partial charge in [0.1, 0.15) is 0 Å². The zero-order valence-electron chi connectivity index (χ0n) is 9.15. The van der Waals surface area contributed by atoms with E-state index in [-0.39, 0.29) is 12.6 Å². The van der Waals surface area contributed by atoms with E-state index in [0.717, 1.165) is 25.9 Å². The summed E-state index contributed by atoms with van der Waals surface area (Å²) in [7, 11) is 2.06. The first kappa shape index (κ1) is 12.0. The van der Waals surface area contributed by atoms with E-state index >= 15 is 0 Å². The fourth-order valence-electron chi connectivity index (χ4n) is 2.04. The minimum atomic E-state index is -0.807. The van der Waals surface area contributed by atoms with E-state index < -0.39 is 5.97 Å². The van der Waals surface area contributed by atoms with Gasteiger partial charge in [-0.15, -0.1) is 6.42 Å². The Balaban J connectivity index is 2.54. The molecule has 1 saturated heterocycles. The minimum absolute atomic E-state index is 0.0444. The van der Waals surface area contributed by atoms with Crippen molar-refractivity contribution < 1.29 is 9.90 Å². The Hall–Kier alpha value is -1.05. The number of nitrogens with zero attached hydrogens (tertiary/aromatic N) is 2. The van der Waals surface area contributed by atoms with Crippen LogP contribution in [0.5, 0.6) is 0 Å². The first-order chi connectivity index (χ1) is 7.13. The Kier molecular flexibility index (Phi) is 4.60. The highest BCUT2D eigenvalue weighted by molar-refractivity contribution is 5.69. The second-order valence-corrected chi connectivity index (χ2v) is 4.06. The maximum atomic E-state index is 10.7. The van der Waals surface area contributed by atoms with E-state index in [4.69, 9.17) is 11.5 Å². The summed E-state index contributed by atoms with van der Waals surface area (Å²) < 4.78 is 0. The van der Waals surface area contributed by atoms with E-state index in [9.17, 15) is 4.79 Å². The Morgan fingerprint density at radius 3 is 3.00 bits per heavy atom. The maximum absolute atomic E-state index is 10.7. The number of likely N-dealkylation sites (tertiary alicyclic amines) is 1. The number of hydrogen-bond donors (Lipinski definition) is 1. The zero-order valence-corrected chi connectivity index (χ0v) is 9.15. The molecule has 0 bridgehead atoms.